The average molecular weight is 488 g/mol. The molecule has 2 aromatic heterocycles. The number of ether oxygens (including phenoxy) is 1. The zero-order valence-corrected chi connectivity index (χ0v) is 18.9. The van der Waals surface area contributed by atoms with Gasteiger partial charge in [0, 0.05) is 17.4 Å². The minimum Gasteiger partial charge on any atom is -0.497 e. The number of hydrogen-bond acceptors (Lipinski definition) is 6. The maximum absolute atomic E-state index is 14.0. The Morgan fingerprint density at radius 2 is 2.18 bits per heavy atom. The molecular formula is C23H20F3N5O2S. The molecule has 0 radical (unpaired) electrons. The van der Waals surface area contributed by atoms with Crippen LogP contribution < -0.4 is 15.4 Å². The quantitative estimate of drug-likeness (QED) is 0.526. The number of aromatic nitrogens is 2. The highest BCUT2D eigenvalue weighted by Crippen LogP contribution is 2.44. The summed E-state index contributed by atoms with van der Waals surface area (Å²) in [6.45, 7) is 0. The van der Waals surface area contributed by atoms with E-state index in [0.29, 0.717) is 21.9 Å². The van der Waals surface area contributed by atoms with Crippen molar-refractivity contribution in [3.8, 4) is 11.8 Å². The number of fused-ring (bicyclic) bond motifs is 2. The van der Waals surface area contributed by atoms with E-state index in [4.69, 9.17) is 4.74 Å². The lowest BCUT2D eigenvalue weighted by molar-refractivity contribution is -0.173. The number of hydrogen-bond donors (Lipinski definition) is 2. The molecule has 1 aliphatic heterocycles. The van der Waals surface area contributed by atoms with Crippen LogP contribution in [0, 0.1) is 11.3 Å². The summed E-state index contributed by atoms with van der Waals surface area (Å²) < 4.78 is 47.9. The molecule has 2 N–H and O–H groups in total. The Kier molecular flexibility index (Phi) is 5.48. The molecule has 34 heavy (non-hydrogen) atoms. The summed E-state index contributed by atoms with van der Waals surface area (Å²) in [5, 5.41) is 19.7. The van der Waals surface area contributed by atoms with E-state index in [1.807, 2.05) is 0 Å². The van der Waals surface area contributed by atoms with Crippen LogP contribution in [0.3, 0.4) is 0 Å². The van der Waals surface area contributed by atoms with Crippen LogP contribution in [0.4, 0.5) is 24.0 Å². The van der Waals surface area contributed by atoms with Gasteiger partial charge < -0.3 is 15.4 Å². The number of nitrogens with zero attached hydrogens (tertiary/aromatic N) is 3. The smallest absolute Gasteiger partial charge is 0.410 e. The molecule has 3 aromatic rings. The van der Waals surface area contributed by atoms with E-state index >= 15 is 0 Å². The van der Waals surface area contributed by atoms with Crippen LogP contribution in [0.5, 0.6) is 5.75 Å². The third-order valence-corrected chi connectivity index (χ3v) is 7.39. The molecule has 176 valence electrons. The fourth-order valence-electron chi connectivity index (χ4n) is 4.54. The summed E-state index contributed by atoms with van der Waals surface area (Å²) in [7, 11) is 1.49. The number of aryl methyl sites for hydroxylation is 1. The second kappa shape index (κ2) is 8.36. The van der Waals surface area contributed by atoms with Crippen LogP contribution >= 0.6 is 11.3 Å². The third kappa shape index (κ3) is 3.88. The van der Waals surface area contributed by atoms with Gasteiger partial charge in [-0.1, -0.05) is 12.1 Å². The van der Waals surface area contributed by atoms with Crippen LogP contribution in [-0.2, 0) is 12.8 Å². The number of carbonyl (C=O) groups excluding carboxylic acids is 1. The van der Waals surface area contributed by atoms with Crippen molar-refractivity contribution in [2.45, 2.75) is 43.9 Å². The largest absolute Gasteiger partial charge is 0.497 e. The number of benzene rings is 1. The van der Waals surface area contributed by atoms with E-state index in [1.165, 1.54) is 24.5 Å². The van der Waals surface area contributed by atoms with Crippen molar-refractivity contribution >= 4 is 28.1 Å². The molecule has 11 heteroatoms. The van der Waals surface area contributed by atoms with Gasteiger partial charge in [0.1, 0.15) is 22.6 Å². The van der Waals surface area contributed by atoms with E-state index in [9.17, 15) is 23.2 Å². The first-order valence-electron chi connectivity index (χ1n) is 10.7. The number of methoxy groups -OCH3 is 1. The Morgan fingerprint density at radius 3 is 2.91 bits per heavy atom. The Morgan fingerprint density at radius 1 is 1.35 bits per heavy atom. The first kappa shape index (κ1) is 22.3. The van der Waals surface area contributed by atoms with Crippen molar-refractivity contribution < 1.29 is 22.7 Å². The maximum atomic E-state index is 14.0. The molecule has 2 aliphatic rings. The molecular weight excluding hydrogens is 467 g/mol. The second-order valence-electron chi connectivity index (χ2n) is 8.25. The molecule has 1 aromatic carbocycles. The zero-order chi connectivity index (χ0) is 24.0. The lowest BCUT2D eigenvalue weighted by Crippen LogP contribution is -2.35. The van der Waals surface area contributed by atoms with E-state index in [0.717, 1.165) is 34.4 Å². The monoisotopic (exact) mass is 487 g/mol. The highest BCUT2D eigenvalue weighted by molar-refractivity contribution is 7.16. The molecule has 1 aliphatic carbocycles. The van der Waals surface area contributed by atoms with Crippen LogP contribution in [0.15, 0.2) is 30.3 Å². The average Bonchev–Trinajstić information content (AvgIpc) is 3.51. The first-order valence-corrected chi connectivity index (χ1v) is 11.5. The lowest BCUT2D eigenvalue weighted by Gasteiger charge is -2.33. The fourth-order valence-corrected chi connectivity index (χ4v) is 5.77. The van der Waals surface area contributed by atoms with E-state index in [1.54, 1.807) is 24.3 Å². The molecule has 1 amide bonds. The zero-order valence-electron chi connectivity index (χ0n) is 18.1. The van der Waals surface area contributed by atoms with Gasteiger partial charge >= 0.3 is 6.18 Å². The summed E-state index contributed by atoms with van der Waals surface area (Å²) in [4.78, 5) is 14.0. The van der Waals surface area contributed by atoms with Gasteiger partial charge in [-0.2, -0.15) is 23.5 Å². The number of nitrogens with one attached hydrogen (secondary N) is 2. The Bertz CT molecular complexity index is 1310. The second-order valence-corrected chi connectivity index (χ2v) is 9.36. The van der Waals surface area contributed by atoms with Gasteiger partial charge in [-0.3, -0.25) is 4.79 Å². The highest BCUT2D eigenvalue weighted by Gasteiger charge is 2.47. The van der Waals surface area contributed by atoms with Gasteiger partial charge in [0.05, 0.1) is 18.7 Å². The topological polar surface area (TPSA) is 92.0 Å². The predicted octanol–water partition coefficient (Wildman–Crippen LogP) is 5.23. The van der Waals surface area contributed by atoms with Crippen LogP contribution in [0.25, 0.3) is 0 Å². The number of nitriles is 1. The molecule has 0 saturated carbocycles. The summed E-state index contributed by atoms with van der Waals surface area (Å²) in [5.74, 6) is -0.0159. The molecule has 2 atom stereocenters. The van der Waals surface area contributed by atoms with E-state index in [2.05, 4.69) is 21.8 Å². The van der Waals surface area contributed by atoms with Crippen LogP contribution in [0.1, 0.15) is 57.0 Å². The van der Waals surface area contributed by atoms with Crippen molar-refractivity contribution in [1.29, 1.82) is 5.26 Å². The van der Waals surface area contributed by atoms with E-state index < -0.39 is 24.2 Å². The number of rotatable bonds is 4. The number of halogens is 3. The van der Waals surface area contributed by atoms with Crippen LogP contribution in [-0.4, -0.2) is 29.0 Å². The molecule has 0 unspecified atom stereocenters. The van der Waals surface area contributed by atoms with Gasteiger partial charge in [0.25, 0.3) is 5.91 Å². The number of anilines is 2. The molecule has 0 spiro atoms. The maximum Gasteiger partial charge on any atom is 0.410 e. The van der Waals surface area contributed by atoms with Gasteiger partial charge in [-0.25, -0.2) is 4.68 Å². The predicted molar refractivity (Wildman–Crippen MR) is 120 cm³/mol. The van der Waals surface area contributed by atoms with Crippen molar-refractivity contribution in [1.82, 2.24) is 9.78 Å². The minimum atomic E-state index is -4.56. The highest BCUT2D eigenvalue weighted by atomic mass is 32.1. The minimum absolute atomic E-state index is 0.0979. The van der Waals surface area contributed by atoms with Gasteiger partial charge in [0.15, 0.2) is 11.7 Å². The summed E-state index contributed by atoms with van der Waals surface area (Å²) in [6, 6.07) is 7.76. The third-order valence-electron chi connectivity index (χ3n) is 6.18. The molecule has 3 heterocycles. The summed E-state index contributed by atoms with van der Waals surface area (Å²) in [6.07, 6.45) is -2.24. The number of thiophene rings is 1. The SMILES string of the molecule is COc1cccc([C@H]2C[C@H](C(F)(F)F)n3nc(C(=O)Nc4sc5c(c4C#N)CCC5)cc3N2)c1. The Hall–Kier alpha value is -3.52. The Balaban J connectivity index is 1.45. The molecule has 7 nitrogen and oxygen atoms in total. The number of alkyl halides is 3. The van der Waals surface area contributed by atoms with E-state index in [-0.39, 0.29) is 17.9 Å². The molecule has 0 bridgehead atoms. The van der Waals surface area contributed by atoms with Crippen molar-refractivity contribution in [3.05, 3.63) is 57.6 Å². The van der Waals surface area contributed by atoms with Crippen molar-refractivity contribution in [2.24, 2.45) is 0 Å². The normalized spacial score (nSPS) is 19.0. The summed E-state index contributed by atoms with van der Waals surface area (Å²) >= 11 is 1.34. The first-order chi connectivity index (χ1) is 16.3. The van der Waals surface area contributed by atoms with Gasteiger partial charge in [-0.05, 0) is 42.5 Å². The molecule has 0 saturated heterocycles. The fraction of sp³-hybridized carbons (Fsp3) is 0.348. The van der Waals surface area contributed by atoms with Gasteiger partial charge in [0.2, 0.25) is 0 Å². The number of amides is 1. The van der Waals surface area contributed by atoms with Crippen molar-refractivity contribution in [3.63, 3.8) is 0 Å². The van der Waals surface area contributed by atoms with Crippen LogP contribution in [0.2, 0.25) is 0 Å². The van der Waals surface area contributed by atoms with Crippen molar-refractivity contribution in [2.75, 3.05) is 17.7 Å². The molecule has 5 rings (SSSR count). The lowest BCUT2D eigenvalue weighted by atomic mass is 9.97. The summed E-state index contributed by atoms with van der Waals surface area (Å²) in [5.41, 5.74) is 1.87. The standard InChI is InChI=1S/C23H20F3N5O2S/c1-33-13-5-2-4-12(8-13)16-9-19(23(24,25)26)31-20(28-16)10-17(30-31)21(32)29-22-15(11-27)14-6-3-7-18(14)34-22/h2,4-5,8,10,16,19,28H,3,6-7,9H2,1H3,(H,29,32)/t16-,19-/m1/s1. The Labute approximate surface area is 197 Å². The number of carbonyl (C=O) groups is 1. The molecule has 0 fully saturated rings. The van der Waals surface area contributed by atoms with Gasteiger partial charge in [-0.15, -0.1) is 11.3 Å².